The van der Waals surface area contributed by atoms with E-state index in [1.165, 1.54) is 51.0 Å². The van der Waals surface area contributed by atoms with Crippen LogP contribution in [0.5, 0.6) is 0 Å². The second kappa shape index (κ2) is 10.4. The number of piperidine rings is 1. The highest BCUT2D eigenvalue weighted by Gasteiger charge is 2.28. The van der Waals surface area contributed by atoms with Gasteiger partial charge in [-0.3, -0.25) is 0 Å². The predicted octanol–water partition coefficient (Wildman–Crippen LogP) is 6.94. The highest BCUT2D eigenvalue weighted by Crippen LogP contribution is 2.36. The van der Waals surface area contributed by atoms with Gasteiger partial charge in [-0.05, 0) is 89.5 Å². The lowest BCUT2D eigenvalue weighted by Gasteiger charge is -2.41. The number of hydrogen-bond acceptors (Lipinski definition) is 2. The van der Waals surface area contributed by atoms with Crippen LogP contribution in [0.4, 0.5) is 11.4 Å². The van der Waals surface area contributed by atoms with Crippen molar-refractivity contribution in [3.8, 4) is 0 Å². The Morgan fingerprint density at radius 1 is 0.926 bits per heavy atom. The molecule has 1 fully saturated rings. The Labute approximate surface area is 175 Å². The van der Waals surface area contributed by atoms with Crippen LogP contribution in [0.3, 0.4) is 0 Å². The Kier molecular flexibility index (Phi) is 8.47. The third kappa shape index (κ3) is 6.14. The maximum absolute atomic E-state index is 6.30. The Morgan fingerprint density at radius 2 is 1.59 bits per heavy atom. The van der Waals surface area contributed by atoms with Crippen molar-refractivity contribution in [3.63, 3.8) is 0 Å². The van der Waals surface area contributed by atoms with Crippen molar-refractivity contribution in [2.75, 3.05) is 24.5 Å². The van der Waals surface area contributed by atoms with E-state index in [0.717, 1.165) is 17.1 Å². The molecule has 0 saturated carbocycles. The topological polar surface area (TPSA) is 6.48 Å². The number of halogens is 2. The molecule has 1 saturated heterocycles. The van der Waals surface area contributed by atoms with Crippen LogP contribution >= 0.6 is 24.0 Å². The molecule has 0 aliphatic carbocycles. The van der Waals surface area contributed by atoms with E-state index in [0.29, 0.717) is 0 Å². The SMILES string of the molecule is CC(C)(CCCN1CCCCC1)N(c1ccccc1)c1cccc(Cl)c1.Cl. The summed E-state index contributed by atoms with van der Waals surface area (Å²) in [5.41, 5.74) is 2.39. The van der Waals surface area contributed by atoms with Crippen LogP contribution in [0.15, 0.2) is 54.6 Å². The molecule has 0 spiro atoms. The van der Waals surface area contributed by atoms with Crippen molar-refractivity contribution in [3.05, 3.63) is 59.6 Å². The first-order valence-corrected chi connectivity index (χ1v) is 10.3. The monoisotopic (exact) mass is 406 g/mol. The van der Waals surface area contributed by atoms with Crippen LogP contribution in [-0.4, -0.2) is 30.1 Å². The summed E-state index contributed by atoms with van der Waals surface area (Å²) in [6.45, 7) is 8.45. The van der Waals surface area contributed by atoms with Gasteiger partial charge in [0, 0.05) is 21.9 Å². The first-order chi connectivity index (χ1) is 12.6. The van der Waals surface area contributed by atoms with Crippen molar-refractivity contribution in [2.24, 2.45) is 0 Å². The molecule has 148 valence electrons. The third-order valence-electron chi connectivity index (χ3n) is 5.40. The molecule has 0 N–H and O–H groups in total. The van der Waals surface area contributed by atoms with E-state index in [-0.39, 0.29) is 17.9 Å². The summed E-state index contributed by atoms with van der Waals surface area (Å²) in [6.07, 6.45) is 6.49. The number of likely N-dealkylation sites (tertiary alicyclic amines) is 1. The first kappa shape index (κ1) is 22.1. The van der Waals surface area contributed by atoms with Crippen molar-refractivity contribution >= 4 is 35.4 Å². The summed E-state index contributed by atoms with van der Waals surface area (Å²) in [7, 11) is 0. The lowest BCUT2D eigenvalue weighted by molar-refractivity contribution is 0.219. The Bertz CT molecular complexity index is 682. The van der Waals surface area contributed by atoms with Gasteiger partial charge in [0.05, 0.1) is 0 Å². The lowest BCUT2D eigenvalue weighted by Crippen LogP contribution is -2.41. The molecule has 0 unspecified atom stereocenters. The van der Waals surface area contributed by atoms with Gasteiger partial charge < -0.3 is 9.80 Å². The fraction of sp³-hybridized carbons (Fsp3) is 0.478. The zero-order valence-corrected chi connectivity index (χ0v) is 18.1. The maximum Gasteiger partial charge on any atom is 0.0430 e. The molecule has 1 aliphatic heterocycles. The van der Waals surface area contributed by atoms with Crippen molar-refractivity contribution in [1.29, 1.82) is 0 Å². The lowest BCUT2D eigenvalue weighted by atomic mass is 9.93. The fourth-order valence-corrected chi connectivity index (χ4v) is 4.25. The number of nitrogens with zero attached hydrogens (tertiary/aromatic N) is 2. The second-order valence-electron chi connectivity index (χ2n) is 7.97. The number of para-hydroxylation sites is 1. The van der Waals surface area contributed by atoms with E-state index in [1.807, 2.05) is 12.1 Å². The summed E-state index contributed by atoms with van der Waals surface area (Å²) in [4.78, 5) is 5.07. The molecule has 1 heterocycles. The Balaban J connectivity index is 0.00000261. The quantitative estimate of drug-likeness (QED) is 0.490. The van der Waals surface area contributed by atoms with E-state index in [4.69, 9.17) is 11.6 Å². The summed E-state index contributed by atoms with van der Waals surface area (Å²) in [5, 5.41) is 0.785. The van der Waals surface area contributed by atoms with Gasteiger partial charge in [0.25, 0.3) is 0 Å². The average Bonchev–Trinajstić information content (AvgIpc) is 2.63. The van der Waals surface area contributed by atoms with Gasteiger partial charge in [-0.25, -0.2) is 0 Å². The van der Waals surface area contributed by atoms with E-state index in [9.17, 15) is 0 Å². The van der Waals surface area contributed by atoms with Gasteiger partial charge >= 0.3 is 0 Å². The molecule has 1 aliphatic rings. The molecular formula is C23H32Cl2N2. The van der Waals surface area contributed by atoms with Crippen molar-refractivity contribution in [1.82, 2.24) is 4.90 Å². The number of rotatable bonds is 7. The molecule has 2 aromatic carbocycles. The zero-order chi connectivity index (χ0) is 18.4. The third-order valence-corrected chi connectivity index (χ3v) is 5.63. The predicted molar refractivity (Wildman–Crippen MR) is 121 cm³/mol. The highest BCUT2D eigenvalue weighted by molar-refractivity contribution is 6.30. The summed E-state index contributed by atoms with van der Waals surface area (Å²) < 4.78 is 0. The van der Waals surface area contributed by atoms with Gasteiger partial charge in [0.2, 0.25) is 0 Å². The molecule has 0 bridgehead atoms. The molecule has 0 atom stereocenters. The summed E-state index contributed by atoms with van der Waals surface area (Å²) in [6, 6.07) is 18.9. The van der Waals surface area contributed by atoms with Gasteiger partial charge in [0.15, 0.2) is 0 Å². The van der Waals surface area contributed by atoms with Crippen LogP contribution in [0.2, 0.25) is 5.02 Å². The molecule has 0 radical (unpaired) electrons. The Morgan fingerprint density at radius 3 is 2.26 bits per heavy atom. The van der Waals surface area contributed by atoms with Gasteiger partial charge in [0.1, 0.15) is 0 Å². The minimum Gasteiger partial charge on any atom is -0.336 e. The minimum absolute atomic E-state index is 0. The molecule has 2 aromatic rings. The molecule has 0 amide bonds. The average molecular weight is 407 g/mol. The van der Waals surface area contributed by atoms with Crippen LogP contribution in [0.1, 0.15) is 46.0 Å². The van der Waals surface area contributed by atoms with Crippen LogP contribution in [0.25, 0.3) is 0 Å². The molecule has 0 aromatic heterocycles. The highest BCUT2D eigenvalue weighted by atomic mass is 35.5. The van der Waals surface area contributed by atoms with Crippen LogP contribution in [-0.2, 0) is 0 Å². The van der Waals surface area contributed by atoms with E-state index < -0.39 is 0 Å². The normalized spacial score (nSPS) is 15.2. The largest absolute Gasteiger partial charge is 0.336 e. The molecule has 3 rings (SSSR count). The standard InChI is InChI=1S/C23H31ClN2.ClH/c1-23(2,15-10-18-25-16-7-4-8-17-25)26(21-12-5-3-6-13-21)22-14-9-11-20(24)19-22;/h3,5-6,9,11-14,19H,4,7-8,10,15-18H2,1-2H3;1H. The fourth-order valence-electron chi connectivity index (χ4n) is 4.07. The molecule has 4 heteroatoms. The Hall–Kier alpha value is -1.22. The van der Waals surface area contributed by atoms with Gasteiger partial charge in [-0.15, -0.1) is 12.4 Å². The van der Waals surface area contributed by atoms with E-state index in [1.54, 1.807) is 0 Å². The van der Waals surface area contributed by atoms with Crippen LogP contribution in [0, 0.1) is 0 Å². The van der Waals surface area contributed by atoms with E-state index in [2.05, 4.69) is 66.1 Å². The van der Waals surface area contributed by atoms with Crippen LogP contribution < -0.4 is 4.90 Å². The summed E-state index contributed by atoms with van der Waals surface area (Å²) in [5.74, 6) is 0. The second-order valence-corrected chi connectivity index (χ2v) is 8.41. The smallest absolute Gasteiger partial charge is 0.0430 e. The van der Waals surface area contributed by atoms with Crippen molar-refractivity contribution in [2.45, 2.75) is 51.5 Å². The minimum atomic E-state index is 0. The molecule has 2 nitrogen and oxygen atoms in total. The van der Waals surface area contributed by atoms with E-state index >= 15 is 0 Å². The first-order valence-electron chi connectivity index (χ1n) is 9.89. The zero-order valence-electron chi connectivity index (χ0n) is 16.5. The molecular weight excluding hydrogens is 375 g/mol. The molecule has 27 heavy (non-hydrogen) atoms. The summed E-state index contributed by atoms with van der Waals surface area (Å²) >= 11 is 6.30. The number of hydrogen-bond donors (Lipinski definition) is 0. The number of benzene rings is 2. The van der Waals surface area contributed by atoms with Gasteiger partial charge in [-0.1, -0.05) is 42.3 Å². The maximum atomic E-state index is 6.30. The van der Waals surface area contributed by atoms with Gasteiger partial charge in [-0.2, -0.15) is 0 Å². The number of anilines is 2. The van der Waals surface area contributed by atoms with Crippen molar-refractivity contribution < 1.29 is 0 Å².